The van der Waals surface area contributed by atoms with Crippen molar-refractivity contribution in [2.75, 3.05) is 7.11 Å². The Kier molecular flexibility index (Phi) is 8.50. The summed E-state index contributed by atoms with van der Waals surface area (Å²) in [5.74, 6) is -4.63. The number of ketones is 1. The zero-order valence-corrected chi connectivity index (χ0v) is 28.0. The molecule has 0 amide bonds. The van der Waals surface area contributed by atoms with Crippen LogP contribution in [0.5, 0.6) is 0 Å². The highest BCUT2D eigenvalue weighted by molar-refractivity contribution is 6.42. The number of carbonyl (C=O) groups excluding carboxylic acids is 2. The lowest BCUT2D eigenvalue weighted by molar-refractivity contribution is -0.162. The second-order valence-electron chi connectivity index (χ2n) is 12.7. The smallest absolute Gasteiger partial charge is 0.327 e. The molecule has 0 radical (unpaired) electrons. The van der Waals surface area contributed by atoms with Crippen LogP contribution < -0.4 is 0 Å². The topological polar surface area (TPSA) is 87.4 Å². The third-order valence-electron chi connectivity index (χ3n) is 10.2. The van der Waals surface area contributed by atoms with Gasteiger partial charge in [0.25, 0.3) is 0 Å². The Morgan fingerprint density at radius 2 is 1.35 bits per heavy atom. The molecule has 1 fully saturated rings. The first kappa shape index (κ1) is 32.6. The van der Waals surface area contributed by atoms with E-state index in [9.17, 15) is 15.2 Å². The second-order valence-corrected chi connectivity index (χ2v) is 13.5. The lowest BCUT2D eigenvalue weighted by Gasteiger charge is -2.54. The molecule has 6 aromatic rings. The Bertz CT molecular complexity index is 2280. The number of rotatable bonds is 6. The molecule has 1 aliphatic rings. The quantitative estimate of drug-likeness (QED) is 0.140. The van der Waals surface area contributed by atoms with Crippen LogP contribution in [0.15, 0.2) is 133 Å². The van der Waals surface area contributed by atoms with Gasteiger partial charge in [-0.3, -0.25) is 9.59 Å². The molecule has 0 unspecified atom stereocenters. The molecule has 5 nitrogen and oxygen atoms in total. The van der Waals surface area contributed by atoms with E-state index < -0.39 is 40.5 Å². The van der Waals surface area contributed by atoms with Crippen molar-refractivity contribution >= 4 is 56.5 Å². The fraction of sp³-hybridized carbons (Fsp3) is 0.167. The zero-order chi connectivity index (χ0) is 34.3. The first-order chi connectivity index (χ1) is 23.7. The molecule has 5 atom stereocenters. The first-order valence-electron chi connectivity index (χ1n) is 16.0. The number of ether oxygens (including phenoxy) is 1. The van der Waals surface area contributed by atoms with Crippen molar-refractivity contribution in [1.82, 2.24) is 0 Å². The summed E-state index contributed by atoms with van der Waals surface area (Å²) < 4.78 is 5.45. The Morgan fingerprint density at radius 1 is 0.735 bits per heavy atom. The summed E-state index contributed by atoms with van der Waals surface area (Å²) in [7, 11) is 1.24. The van der Waals surface area contributed by atoms with E-state index >= 15 is 4.79 Å². The minimum atomic E-state index is -1.96. The Hall–Kier alpha value is -4.99. The van der Waals surface area contributed by atoms with Crippen molar-refractivity contribution < 1.29 is 19.4 Å². The second kappa shape index (κ2) is 12.8. The molecule has 242 valence electrons. The van der Waals surface area contributed by atoms with E-state index in [1.165, 1.54) is 7.11 Å². The summed E-state index contributed by atoms with van der Waals surface area (Å²) in [6.07, 6.45) is -0.167. The summed E-state index contributed by atoms with van der Waals surface area (Å²) in [6, 6.07) is 42.8. The van der Waals surface area contributed by atoms with Gasteiger partial charge < -0.3 is 9.84 Å². The van der Waals surface area contributed by atoms with E-state index in [1.807, 2.05) is 78.9 Å². The highest BCUT2D eigenvalue weighted by Gasteiger charge is 2.67. The molecule has 6 aromatic carbocycles. The molecule has 7 heteroatoms. The van der Waals surface area contributed by atoms with E-state index in [1.54, 1.807) is 54.6 Å². The number of carbonyl (C=O) groups is 2. The fourth-order valence-electron chi connectivity index (χ4n) is 7.86. The molecule has 0 aromatic heterocycles. The van der Waals surface area contributed by atoms with Gasteiger partial charge in [0.1, 0.15) is 5.60 Å². The van der Waals surface area contributed by atoms with Crippen LogP contribution in [0.25, 0.3) is 21.5 Å². The molecule has 0 bridgehead atoms. The predicted octanol–water partition coefficient (Wildman–Crippen LogP) is 9.64. The van der Waals surface area contributed by atoms with Crippen LogP contribution in [-0.4, -0.2) is 24.0 Å². The molecule has 0 spiro atoms. The van der Waals surface area contributed by atoms with Crippen LogP contribution in [0, 0.1) is 22.7 Å². The van der Waals surface area contributed by atoms with Crippen LogP contribution in [-0.2, 0) is 15.1 Å². The molecule has 1 saturated carbocycles. The van der Waals surface area contributed by atoms with Gasteiger partial charge in [-0.1, -0.05) is 132 Å². The van der Waals surface area contributed by atoms with E-state index in [-0.39, 0.29) is 11.4 Å². The van der Waals surface area contributed by atoms with Crippen molar-refractivity contribution in [2.24, 2.45) is 11.3 Å². The molecule has 49 heavy (non-hydrogen) atoms. The number of halogens is 2. The fourth-order valence-corrected chi connectivity index (χ4v) is 8.16. The van der Waals surface area contributed by atoms with Crippen LogP contribution in [0.1, 0.15) is 45.3 Å². The number of fused-ring (bicyclic) bond motifs is 2. The van der Waals surface area contributed by atoms with Crippen molar-refractivity contribution in [2.45, 2.75) is 23.9 Å². The van der Waals surface area contributed by atoms with Crippen molar-refractivity contribution in [1.29, 1.82) is 5.26 Å². The number of nitriles is 1. The molecule has 0 heterocycles. The normalized spacial score (nSPS) is 23.5. The van der Waals surface area contributed by atoms with Gasteiger partial charge in [-0.25, -0.2) is 0 Å². The van der Waals surface area contributed by atoms with Gasteiger partial charge in [-0.15, -0.1) is 0 Å². The number of hydrogen-bond donors (Lipinski definition) is 1. The Balaban J connectivity index is 1.57. The van der Waals surface area contributed by atoms with Crippen molar-refractivity contribution in [3.63, 3.8) is 0 Å². The average molecular weight is 685 g/mol. The van der Waals surface area contributed by atoms with E-state index in [0.29, 0.717) is 27.3 Å². The minimum Gasteiger partial charge on any atom is -0.468 e. The molecule has 0 aliphatic heterocycles. The maximum absolute atomic E-state index is 15.3. The SMILES string of the molecule is COC(=O)[C@@]1(C#N)[C@H](c2ccc(Cl)c(Cl)c2)C[C@](O)(c2ccc3ccccc3c2)[C@H](C(=O)c2ccc3ccccc3c2)[C@@H]1c1ccccc1. The summed E-state index contributed by atoms with van der Waals surface area (Å²) in [4.78, 5) is 29.6. The number of nitrogens with zero attached hydrogens (tertiary/aromatic N) is 1. The number of methoxy groups -OCH3 is 1. The molecular weight excluding hydrogens is 653 g/mol. The minimum absolute atomic E-state index is 0.167. The molecular formula is C42H31Cl2NO4. The number of Topliss-reactive ketones (excluding diaryl/α,β-unsaturated/α-hetero) is 1. The highest BCUT2D eigenvalue weighted by Crippen LogP contribution is 2.64. The summed E-state index contributed by atoms with van der Waals surface area (Å²) >= 11 is 12.9. The van der Waals surface area contributed by atoms with E-state index in [0.717, 1.165) is 21.5 Å². The van der Waals surface area contributed by atoms with Crippen LogP contribution in [0.4, 0.5) is 0 Å². The van der Waals surface area contributed by atoms with Gasteiger partial charge in [0, 0.05) is 17.4 Å². The summed E-state index contributed by atoms with van der Waals surface area (Å²) in [5, 5.41) is 28.9. The lowest BCUT2D eigenvalue weighted by atomic mass is 9.47. The maximum Gasteiger partial charge on any atom is 0.327 e. The third-order valence-corrected chi connectivity index (χ3v) is 10.9. The van der Waals surface area contributed by atoms with Crippen LogP contribution >= 0.6 is 23.2 Å². The number of esters is 1. The standard InChI is InChI=1S/C42H31Cl2NO4/c1-49-40(47)41(25-45)34(31-18-20-35(43)36(44)23-31)24-42(48,33-19-17-27-10-6-8-14-30(27)22-33)38(37(41)28-11-3-2-4-12-28)39(46)32-16-15-26-9-5-7-13-29(26)21-32/h2-23,34,37-38,48H,24H2,1H3/t34-,37-,38-,41-,42-/m0/s1. The van der Waals surface area contributed by atoms with Crippen molar-refractivity contribution in [3.05, 3.63) is 166 Å². The lowest BCUT2D eigenvalue weighted by Crippen LogP contribution is -2.59. The Labute approximate surface area is 294 Å². The number of aliphatic hydroxyl groups is 1. The van der Waals surface area contributed by atoms with E-state index in [2.05, 4.69) is 6.07 Å². The maximum atomic E-state index is 15.3. The number of hydrogen-bond acceptors (Lipinski definition) is 5. The largest absolute Gasteiger partial charge is 0.468 e. The summed E-state index contributed by atoms with van der Waals surface area (Å²) in [5.41, 5.74) is -1.94. The van der Waals surface area contributed by atoms with Crippen LogP contribution in [0.3, 0.4) is 0 Å². The van der Waals surface area contributed by atoms with Gasteiger partial charge in [0.15, 0.2) is 11.2 Å². The predicted molar refractivity (Wildman–Crippen MR) is 193 cm³/mol. The highest BCUT2D eigenvalue weighted by atomic mass is 35.5. The third kappa shape index (κ3) is 5.37. The van der Waals surface area contributed by atoms with Gasteiger partial charge in [-0.05, 0) is 68.9 Å². The van der Waals surface area contributed by atoms with Gasteiger partial charge in [-0.2, -0.15) is 5.26 Å². The monoisotopic (exact) mass is 683 g/mol. The average Bonchev–Trinajstić information content (AvgIpc) is 3.14. The van der Waals surface area contributed by atoms with E-state index in [4.69, 9.17) is 27.9 Å². The van der Waals surface area contributed by atoms with Gasteiger partial charge >= 0.3 is 5.97 Å². The van der Waals surface area contributed by atoms with Gasteiger partial charge in [0.05, 0.1) is 29.1 Å². The zero-order valence-electron chi connectivity index (χ0n) is 26.5. The molecule has 1 N–H and O–H groups in total. The number of benzene rings is 6. The van der Waals surface area contributed by atoms with Crippen LogP contribution in [0.2, 0.25) is 10.0 Å². The van der Waals surface area contributed by atoms with Gasteiger partial charge in [0.2, 0.25) is 0 Å². The summed E-state index contributed by atoms with van der Waals surface area (Å²) in [6.45, 7) is 0. The first-order valence-corrected chi connectivity index (χ1v) is 16.7. The van der Waals surface area contributed by atoms with Crippen molar-refractivity contribution in [3.8, 4) is 6.07 Å². The Morgan fingerprint density at radius 3 is 1.98 bits per heavy atom. The molecule has 0 saturated heterocycles. The molecule has 1 aliphatic carbocycles. The molecule has 7 rings (SSSR count).